The van der Waals surface area contributed by atoms with E-state index in [-0.39, 0.29) is 6.10 Å². The van der Waals surface area contributed by atoms with Crippen molar-refractivity contribution in [2.24, 2.45) is 0 Å². The number of nitrogens with zero attached hydrogens (tertiary/aromatic N) is 1. The fourth-order valence-electron chi connectivity index (χ4n) is 1.65. The van der Waals surface area contributed by atoms with Crippen molar-refractivity contribution in [1.82, 2.24) is 0 Å². The zero-order valence-corrected chi connectivity index (χ0v) is 7.20. The molecule has 1 fully saturated rings. The van der Waals surface area contributed by atoms with Gasteiger partial charge in [0.05, 0.1) is 0 Å². The minimum absolute atomic E-state index is 0.139. The van der Waals surface area contributed by atoms with E-state index in [0.717, 1.165) is 25.7 Å². The van der Waals surface area contributed by atoms with Crippen molar-refractivity contribution in [3.8, 4) is 0 Å². The zero-order valence-electron chi connectivity index (χ0n) is 7.20. The van der Waals surface area contributed by atoms with E-state index in [1.807, 2.05) is 0 Å². The number of hydrogen-bond donors (Lipinski definition) is 0. The van der Waals surface area contributed by atoms with Crippen molar-refractivity contribution in [2.75, 3.05) is 0 Å². The van der Waals surface area contributed by atoms with Crippen LogP contribution in [0.1, 0.15) is 44.9 Å². The summed E-state index contributed by atoms with van der Waals surface area (Å²) >= 11 is 0. The Labute approximate surface area is 72.0 Å². The number of rotatable bonds is 2. The summed E-state index contributed by atoms with van der Waals surface area (Å²) in [6.07, 6.45) is 7.35. The molecule has 0 aromatic carbocycles. The largest absolute Gasteiger partial charge is 0.311 e. The third-order valence-corrected chi connectivity index (χ3v) is 2.29. The van der Waals surface area contributed by atoms with Gasteiger partial charge in [-0.2, -0.15) is 0 Å². The fraction of sp³-hybridized carbons (Fsp3) is 1.00. The third-order valence-electron chi connectivity index (χ3n) is 2.29. The summed E-state index contributed by atoms with van der Waals surface area (Å²) < 4.78 is 0. The maximum absolute atomic E-state index is 10.0. The molecule has 0 saturated heterocycles. The summed E-state index contributed by atoms with van der Waals surface area (Å²) in [5.74, 6) is 0. The van der Waals surface area contributed by atoms with Crippen molar-refractivity contribution < 1.29 is 9.92 Å². The normalized spacial score (nSPS) is 21.0. The molecule has 1 aliphatic rings. The van der Waals surface area contributed by atoms with Crippen LogP contribution < -0.4 is 0 Å². The minimum Gasteiger partial charge on any atom is -0.311 e. The van der Waals surface area contributed by atoms with Gasteiger partial charge in [0.15, 0.2) is 0 Å². The van der Waals surface area contributed by atoms with Gasteiger partial charge in [-0.25, -0.2) is 0 Å². The van der Waals surface area contributed by atoms with Gasteiger partial charge in [0.25, 0.3) is 5.09 Å². The lowest BCUT2D eigenvalue weighted by Crippen LogP contribution is -2.18. The van der Waals surface area contributed by atoms with Crippen LogP contribution in [0.2, 0.25) is 0 Å². The van der Waals surface area contributed by atoms with Gasteiger partial charge in [-0.15, -0.1) is 10.1 Å². The van der Waals surface area contributed by atoms with E-state index in [1.54, 1.807) is 0 Å². The molecular weight excluding hydrogens is 158 g/mol. The molecule has 0 amide bonds. The lowest BCUT2D eigenvalue weighted by molar-refractivity contribution is -0.769. The van der Waals surface area contributed by atoms with Gasteiger partial charge >= 0.3 is 0 Å². The quantitative estimate of drug-likeness (QED) is 0.475. The van der Waals surface area contributed by atoms with Crippen LogP contribution in [0.3, 0.4) is 0 Å². The predicted molar refractivity (Wildman–Crippen MR) is 44.2 cm³/mol. The molecule has 0 spiro atoms. The van der Waals surface area contributed by atoms with Crippen molar-refractivity contribution >= 4 is 0 Å². The second-order valence-corrected chi connectivity index (χ2v) is 3.30. The molecular formula is C8H15NO3. The highest BCUT2D eigenvalue weighted by atomic mass is 17.0. The van der Waals surface area contributed by atoms with E-state index in [2.05, 4.69) is 4.84 Å². The summed E-state index contributed by atoms with van der Waals surface area (Å²) in [5, 5.41) is 9.39. The van der Waals surface area contributed by atoms with Gasteiger partial charge in [0.1, 0.15) is 6.10 Å². The molecule has 1 rings (SSSR count). The Morgan fingerprint density at radius 2 is 1.58 bits per heavy atom. The molecule has 0 heterocycles. The summed E-state index contributed by atoms with van der Waals surface area (Å²) in [5.41, 5.74) is 0. The molecule has 1 aliphatic carbocycles. The van der Waals surface area contributed by atoms with Gasteiger partial charge in [-0.1, -0.05) is 32.1 Å². The van der Waals surface area contributed by atoms with Crippen LogP contribution in [0.5, 0.6) is 0 Å². The van der Waals surface area contributed by atoms with E-state index in [0.29, 0.717) is 0 Å². The molecule has 0 aromatic heterocycles. The summed E-state index contributed by atoms with van der Waals surface area (Å²) in [6.45, 7) is 0. The predicted octanol–water partition coefficient (Wildman–Crippen LogP) is 2.31. The molecule has 0 aromatic rings. The number of hydrogen-bond acceptors (Lipinski definition) is 3. The third kappa shape index (κ3) is 3.55. The Hall–Kier alpha value is -0.800. The smallest absolute Gasteiger partial charge is 0.294 e. The van der Waals surface area contributed by atoms with E-state index < -0.39 is 5.09 Å². The van der Waals surface area contributed by atoms with Crippen LogP contribution >= 0.6 is 0 Å². The standard InChI is InChI=1S/C8H15NO3/c10-9(11)12-8-6-4-2-1-3-5-7-8/h8H,1-7H2. The first kappa shape index (κ1) is 9.29. The second-order valence-electron chi connectivity index (χ2n) is 3.30. The van der Waals surface area contributed by atoms with E-state index in [1.165, 1.54) is 19.3 Å². The molecule has 70 valence electrons. The highest BCUT2D eigenvalue weighted by molar-refractivity contribution is 4.61. The average Bonchev–Trinajstić information content (AvgIpc) is 1.93. The molecule has 1 saturated carbocycles. The molecule has 4 heteroatoms. The fourth-order valence-corrected chi connectivity index (χ4v) is 1.65. The highest BCUT2D eigenvalue weighted by Gasteiger charge is 2.14. The van der Waals surface area contributed by atoms with Crippen molar-refractivity contribution in [3.63, 3.8) is 0 Å². The van der Waals surface area contributed by atoms with Gasteiger partial charge < -0.3 is 4.84 Å². The molecule has 0 bridgehead atoms. The van der Waals surface area contributed by atoms with Gasteiger partial charge in [-0.3, -0.25) is 0 Å². The SMILES string of the molecule is O=[N+]([O-])OC1CCCCCCC1. The van der Waals surface area contributed by atoms with Crippen LogP contribution in [0, 0.1) is 10.1 Å². The average molecular weight is 173 g/mol. The van der Waals surface area contributed by atoms with Crippen molar-refractivity contribution in [1.29, 1.82) is 0 Å². The Balaban J connectivity index is 2.24. The maximum Gasteiger partial charge on any atom is 0.294 e. The van der Waals surface area contributed by atoms with Crippen molar-refractivity contribution in [3.05, 3.63) is 10.1 Å². The minimum atomic E-state index is -0.660. The van der Waals surface area contributed by atoms with Crippen LogP contribution in [0.25, 0.3) is 0 Å². The topological polar surface area (TPSA) is 52.4 Å². The van der Waals surface area contributed by atoms with Gasteiger partial charge in [0.2, 0.25) is 0 Å². The van der Waals surface area contributed by atoms with Crippen LogP contribution in [0.15, 0.2) is 0 Å². The first-order valence-electron chi connectivity index (χ1n) is 4.60. The molecule has 0 unspecified atom stereocenters. The molecule has 0 radical (unpaired) electrons. The molecule has 12 heavy (non-hydrogen) atoms. The first-order chi connectivity index (χ1) is 5.79. The van der Waals surface area contributed by atoms with Gasteiger partial charge in [0, 0.05) is 0 Å². The summed E-state index contributed by atoms with van der Waals surface area (Å²) in [7, 11) is 0. The molecule has 0 N–H and O–H groups in total. The molecule has 0 atom stereocenters. The summed E-state index contributed by atoms with van der Waals surface area (Å²) in [6, 6.07) is 0. The molecule has 0 aliphatic heterocycles. The van der Waals surface area contributed by atoms with Crippen LogP contribution in [-0.2, 0) is 4.84 Å². The Kier molecular flexibility index (Phi) is 3.84. The zero-order chi connectivity index (χ0) is 8.81. The van der Waals surface area contributed by atoms with E-state index in [4.69, 9.17) is 0 Å². The summed E-state index contributed by atoms with van der Waals surface area (Å²) in [4.78, 5) is 14.6. The first-order valence-corrected chi connectivity index (χ1v) is 4.60. The van der Waals surface area contributed by atoms with E-state index >= 15 is 0 Å². The highest BCUT2D eigenvalue weighted by Crippen LogP contribution is 2.19. The molecule has 4 nitrogen and oxygen atoms in total. The van der Waals surface area contributed by atoms with Crippen LogP contribution in [0.4, 0.5) is 0 Å². The van der Waals surface area contributed by atoms with Crippen molar-refractivity contribution in [2.45, 2.75) is 51.0 Å². The van der Waals surface area contributed by atoms with E-state index in [9.17, 15) is 10.1 Å². The Morgan fingerprint density at radius 3 is 2.08 bits per heavy atom. The Morgan fingerprint density at radius 1 is 1.08 bits per heavy atom. The van der Waals surface area contributed by atoms with Crippen LogP contribution in [-0.4, -0.2) is 11.2 Å². The monoisotopic (exact) mass is 173 g/mol. The Bertz CT molecular complexity index is 141. The van der Waals surface area contributed by atoms with Gasteiger partial charge in [-0.05, 0) is 12.8 Å². The lowest BCUT2D eigenvalue weighted by Gasteiger charge is -2.16. The second kappa shape index (κ2) is 4.95. The lowest BCUT2D eigenvalue weighted by atomic mass is 9.99. The maximum atomic E-state index is 10.0.